The fraction of sp³-hybridized carbons (Fsp3) is 0.692. The summed E-state index contributed by atoms with van der Waals surface area (Å²) in [4.78, 5) is 33.1. The molecule has 4 rings (SSSR count). The highest BCUT2D eigenvalue weighted by Crippen LogP contribution is 2.43. The normalized spacial score (nSPS) is 28.0. The van der Waals surface area contributed by atoms with Crippen LogP contribution in [0, 0.1) is 5.41 Å². The molecule has 2 unspecified atom stereocenters. The third-order valence-corrected chi connectivity index (χ3v) is 8.47. The molecule has 0 bridgehead atoms. The Balaban J connectivity index is 1.56. The molecule has 2 atom stereocenters. The first kappa shape index (κ1) is 24.5. The number of carbonyl (C=O) groups excluding carboxylic acids is 2. The molecule has 182 valence electrons. The molecule has 2 amide bonds. The van der Waals surface area contributed by atoms with Crippen molar-refractivity contribution in [1.29, 1.82) is 0 Å². The average molecular weight is 475 g/mol. The molecule has 3 fully saturated rings. The number of benzene rings is 1. The number of carbonyl (C=O) groups is 2. The second-order valence-corrected chi connectivity index (χ2v) is 11.0. The largest absolute Gasteiger partial charge is 0.329 e. The Morgan fingerprint density at radius 3 is 2.45 bits per heavy atom. The molecule has 33 heavy (non-hydrogen) atoms. The quantitative estimate of drug-likeness (QED) is 0.651. The van der Waals surface area contributed by atoms with Gasteiger partial charge in [0.1, 0.15) is 12.1 Å². The summed E-state index contributed by atoms with van der Waals surface area (Å²) in [6.45, 7) is 11.4. The highest BCUT2D eigenvalue weighted by Gasteiger charge is 2.61. The van der Waals surface area contributed by atoms with Gasteiger partial charge in [-0.2, -0.15) is 0 Å². The van der Waals surface area contributed by atoms with Gasteiger partial charge in [0.2, 0.25) is 5.91 Å². The SMILES string of the molecule is CCCC1(CC)CCNC(N2CC3(C2)C(=O)N(C(C)C)CC(=O)N3Cc2ccc(Cl)cc2)C1. The highest BCUT2D eigenvalue weighted by atomic mass is 35.5. The van der Waals surface area contributed by atoms with Gasteiger partial charge in [-0.1, -0.05) is 50.4 Å². The molecular weight excluding hydrogens is 436 g/mol. The molecule has 1 aromatic rings. The predicted octanol–water partition coefficient (Wildman–Crippen LogP) is 3.88. The van der Waals surface area contributed by atoms with Crippen LogP contribution < -0.4 is 5.32 Å². The monoisotopic (exact) mass is 474 g/mol. The Kier molecular flexibility index (Phi) is 7.09. The lowest BCUT2D eigenvalue weighted by atomic mass is 9.71. The van der Waals surface area contributed by atoms with E-state index in [1.54, 1.807) is 4.90 Å². The minimum absolute atomic E-state index is 0.00941. The molecule has 3 aliphatic rings. The lowest BCUT2D eigenvalue weighted by molar-refractivity contribution is -0.186. The Morgan fingerprint density at radius 1 is 1.15 bits per heavy atom. The standard InChI is InChI=1S/C26H39ClN4O2/c1-5-11-25(6-2)12-13-28-22(14-25)29-17-26(18-29)24(33)30(19(3)4)16-23(32)31(26)15-20-7-9-21(27)10-8-20/h7-10,19,22,28H,5-6,11-18H2,1-4H3. The summed E-state index contributed by atoms with van der Waals surface area (Å²) in [5.74, 6) is 0.122. The molecule has 0 radical (unpaired) electrons. The van der Waals surface area contributed by atoms with Gasteiger partial charge in [0.25, 0.3) is 5.91 Å². The molecule has 0 saturated carbocycles. The molecule has 3 aliphatic heterocycles. The highest BCUT2D eigenvalue weighted by molar-refractivity contribution is 6.30. The first-order valence-electron chi connectivity index (χ1n) is 12.6. The maximum atomic E-state index is 13.7. The topological polar surface area (TPSA) is 55.9 Å². The van der Waals surface area contributed by atoms with Gasteiger partial charge in [-0.05, 0) is 62.8 Å². The molecule has 0 aromatic heterocycles. The van der Waals surface area contributed by atoms with Crippen LogP contribution >= 0.6 is 11.6 Å². The zero-order valence-corrected chi connectivity index (χ0v) is 21.3. The van der Waals surface area contributed by atoms with Crippen molar-refractivity contribution in [2.45, 2.75) is 84.1 Å². The Labute approximate surface area is 203 Å². The number of nitrogens with zero attached hydrogens (tertiary/aromatic N) is 3. The van der Waals surface area contributed by atoms with Gasteiger partial charge in [-0.25, -0.2) is 0 Å². The van der Waals surface area contributed by atoms with Crippen molar-refractivity contribution in [2.75, 3.05) is 26.2 Å². The van der Waals surface area contributed by atoms with Crippen molar-refractivity contribution in [3.05, 3.63) is 34.9 Å². The van der Waals surface area contributed by atoms with Gasteiger partial charge in [-0.3, -0.25) is 14.5 Å². The number of piperidine rings is 1. The van der Waals surface area contributed by atoms with E-state index >= 15 is 0 Å². The number of amides is 2. The molecular formula is C26H39ClN4O2. The summed E-state index contributed by atoms with van der Waals surface area (Å²) in [5, 5.41) is 4.38. The number of piperazine rings is 1. The smallest absolute Gasteiger partial charge is 0.251 e. The van der Waals surface area contributed by atoms with E-state index in [2.05, 4.69) is 24.1 Å². The first-order valence-corrected chi connectivity index (χ1v) is 12.9. The van der Waals surface area contributed by atoms with Gasteiger partial charge >= 0.3 is 0 Å². The van der Waals surface area contributed by atoms with Gasteiger partial charge in [0.05, 0.1) is 6.17 Å². The molecule has 3 saturated heterocycles. The van der Waals surface area contributed by atoms with Crippen molar-refractivity contribution in [3.63, 3.8) is 0 Å². The van der Waals surface area contributed by atoms with Crippen LogP contribution in [0.5, 0.6) is 0 Å². The van der Waals surface area contributed by atoms with Crippen molar-refractivity contribution in [2.24, 2.45) is 5.41 Å². The molecule has 6 nitrogen and oxygen atoms in total. The summed E-state index contributed by atoms with van der Waals surface area (Å²) in [6, 6.07) is 7.59. The van der Waals surface area contributed by atoms with Crippen LogP contribution in [-0.4, -0.2) is 70.4 Å². The van der Waals surface area contributed by atoms with E-state index in [0.29, 0.717) is 30.1 Å². The van der Waals surface area contributed by atoms with E-state index in [4.69, 9.17) is 11.6 Å². The Hall–Kier alpha value is -1.63. The number of halogens is 1. The summed E-state index contributed by atoms with van der Waals surface area (Å²) in [7, 11) is 0. The van der Waals surface area contributed by atoms with Crippen LogP contribution in [-0.2, 0) is 16.1 Å². The number of rotatable bonds is 7. The predicted molar refractivity (Wildman–Crippen MR) is 132 cm³/mol. The van der Waals surface area contributed by atoms with Crippen LogP contribution in [0.15, 0.2) is 24.3 Å². The van der Waals surface area contributed by atoms with Crippen LogP contribution in [0.4, 0.5) is 0 Å². The first-order chi connectivity index (χ1) is 15.7. The maximum absolute atomic E-state index is 13.7. The van der Waals surface area contributed by atoms with E-state index in [0.717, 1.165) is 18.5 Å². The number of hydrogen-bond acceptors (Lipinski definition) is 4. The Morgan fingerprint density at radius 2 is 1.85 bits per heavy atom. The second kappa shape index (κ2) is 9.55. The van der Waals surface area contributed by atoms with E-state index in [9.17, 15) is 9.59 Å². The fourth-order valence-corrected chi connectivity index (χ4v) is 6.23. The van der Waals surface area contributed by atoms with Crippen LogP contribution in [0.1, 0.15) is 65.4 Å². The lowest BCUT2D eigenvalue weighted by Crippen LogP contribution is -2.82. The minimum Gasteiger partial charge on any atom is -0.329 e. The van der Waals surface area contributed by atoms with Crippen LogP contribution in [0.2, 0.25) is 5.02 Å². The molecule has 1 spiro atoms. The zero-order valence-electron chi connectivity index (χ0n) is 20.6. The number of likely N-dealkylation sites (tertiary alicyclic amines) is 1. The Bertz CT molecular complexity index is 864. The molecule has 1 aromatic carbocycles. The van der Waals surface area contributed by atoms with Gasteiger partial charge in [0.15, 0.2) is 0 Å². The van der Waals surface area contributed by atoms with Gasteiger partial charge in [-0.15, -0.1) is 0 Å². The van der Waals surface area contributed by atoms with E-state index in [-0.39, 0.29) is 30.6 Å². The molecule has 1 N–H and O–H groups in total. The molecule has 0 aliphatic carbocycles. The molecule has 3 heterocycles. The van der Waals surface area contributed by atoms with Crippen LogP contribution in [0.25, 0.3) is 0 Å². The summed E-state index contributed by atoms with van der Waals surface area (Å²) in [5.41, 5.74) is 0.602. The van der Waals surface area contributed by atoms with Gasteiger partial charge in [0, 0.05) is 30.7 Å². The summed E-state index contributed by atoms with van der Waals surface area (Å²) >= 11 is 6.06. The number of hydrogen-bond donors (Lipinski definition) is 1. The second-order valence-electron chi connectivity index (χ2n) is 10.6. The number of nitrogens with one attached hydrogen (secondary N) is 1. The minimum atomic E-state index is -0.780. The van der Waals surface area contributed by atoms with E-state index < -0.39 is 5.54 Å². The zero-order chi connectivity index (χ0) is 23.8. The third-order valence-electron chi connectivity index (χ3n) is 8.22. The van der Waals surface area contributed by atoms with Gasteiger partial charge < -0.3 is 15.1 Å². The van der Waals surface area contributed by atoms with Crippen LogP contribution in [0.3, 0.4) is 0 Å². The molecule has 7 heteroatoms. The maximum Gasteiger partial charge on any atom is 0.251 e. The third kappa shape index (κ3) is 4.54. The van der Waals surface area contributed by atoms with Crippen molar-refractivity contribution in [3.8, 4) is 0 Å². The lowest BCUT2D eigenvalue weighted by Gasteiger charge is -2.61. The fourth-order valence-electron chi connectivity index (χ4n) is 6.11. The van der Waals surface area contributed by atoms with E-state index in [1.807, 2.05) is 43.0 Å². The van der Waals surface area contributed by atoms with Crippen molar-refractivity contribution in [1.82, 2.24) is 20.0 Å². The van der Waals surface area contributed by atoms with E-state index in [1.165, 1.54) is 25.7 Å². The van der Waals surface area contributed by atoms with Crippen molar-refractivity contribution < 1.29 is 9.59 Å². The average Bonchev–Trinajstić information content (AvgIpc) is 2.76. The summed E-state index contributed by atoms with van der Waals surface area (Å²) < 4.78 is 0. The van der Waals surface area contributed by atoms with Crippen molar-refractivity contribution >= 4 is 23.4 Å². The summed E-state index contributed by atoms with van der Waals surface area (Å²) in [6.07, 6.45) is 6.25.